The Bertz CT molecular complexity index is 501. The van der Waals surface area contributed by atoms with Crippen molar-refractivity contribution >= 4 is 11.7 Å². The fraction of sp³-hybridized carbons (Fsp3) is 0.462. The number of rotatable bonds is 1. The van der Waals surface area contributed by atoms with E-state index in [9.17, 15) is 22.0 Å². The fourth-order valence-electron chi connectivity index (χ4n) is 1.93. The molecular weight excluding hydrogens is 311 g/mol. The molecule has 1 aliphatic rings. The third-order valence-corrected chi connectivity index (χ3v) is 2.92. The fourth-order valence-corrected chi connectivity index (χ4v) is 1.93. The van der Waals surface area contributed by atoms with Crippen molar-refractivity contribution in [1.29, 1.82) is 0 Å². The van der Waals surface area contributed by atoms with E-state index in [1.807, 2.05) is 11.8 Å². The average Bonchev–Trinajstić information content (AvgIpc) is 2.37. The summed E-state index contributed by atoms with van der Waals surface area (Å²) in [7, 11) is 0. The van der Waals surface area contributed by atoms with Gasteiger partial charge in [-0.1, -0.05) is 0 Å². The molecule has 0 saturated carbocycles. The zero-order chi connectivity index (χ0) is 16.9. The minimum Gasteiger partial charge on any atom is -0.475 e. The van der Waals surface area contributed by atoms with E-state index in [4.69, 9.17) is 9.90 Å². The Morgan fingerprint density at radius 3 is 2.18 bits per heavy atom. The van der Waals surface area contributed by atoms with E-state index in [0.717, 1.165) is 25.7 Å². The maximum atomic E-state index is 13.0. The molecule has 4 nitrogen and oxygen atoms in total. The Balaban J connectivity index is 0.000000295. The number of hydrogen-bond donors (Lipinski definition) is 2. The monoisotopic (exact) mass is 326 g/mol. The standard InChI is InChI=1S/C11H14F2N2.C2HF3O2/c1-8-7-14-2-3-15(8)11-5-9(12)4-10(13)6-11;3-2(4,5)1(6)7/h4-6,8,14H,2-3,7H2,1H3;(H,6,7)/t8-;/m1./s1. The zero-order valence-electron chi connectivity index (χ0n) is 11.6. The summed E-state index contributed by atoms with van der Waals surface area (Å²) >= 11 is 0. The Morgan fingerprint density at radius 1 is 1.27 bits per heavy atom. The van der Waals surface area contributed by atoms with E-state index in [0.29, 0.717) is 5.69 Å². The summed E-state index contributed by atoms with van der Waals surface area (Å²) in [6.45, 7) is 4.51. The van der Waals surface area contributed by atoms with Gasteiger partial charge in [-0.3, -0.25) is 0 Å². The quantitative estimate of drug-likeness (QED) is 0.778. The van der Waals surface area contributed by atoms with E-state index in [-0.39, 0.29) is 6.04 Å². The first kappa shape index (κ1) is 18.1. The molecule has 9 heteroatoms. The highest BCUT2D eigenvalue weighted by Gasteiger charge is 2.38. The molecule has 1 aliphatic heterocycles. The third-order valence-electron chi connectivity index (χ3n) is 2.92. The van der Waals surface area contributed by atoms with Crippen LogP contribution in [0.5, 0.6) is 0 Å². The molecule has 0 amide bonds. The summed E-state index contributed by atoms with van der Waals surface area (Å²) < 4.78 is 57.8. The molecule has 22 heavy (non-hydrogen) atoms. The summed E-state index contributed by atoms with van der Waals surface area (Å²) in [4.78, 5) is 10.9. The number of nitrogens with zero attached hydrogens (tertiary/aromatic N) is 1. The Morgan fingerprint density at radius 2 is 1.77 bits per heavy atom. The van der Waals surface area contributed by atoms with Crippen molar-refractivity contribution in [3.05, 3.63) is 29.8 Å². The van der Waals surface area contributed by atoms with Crippen molar-refractivity contribution in [3.8, 4) is 0 Å². The summed E-state index contributed by atoms with van der Waals surface area (Å²) in [6.07, 6.45) is -5.08. The van der Waals surface area contributed by atoms with Crippen molar-refractivity contribution < 1.29 is 31.9 Å². The number of carboxylic acids is 1. The molecule has 2 N–H and O–H groups in total. The first-order valence-electron chi connectivity index (χ1n) is 6.35. The van der Waals surface area contributed by atoms with Crippen molar-refractivity contribution in [3.63, 3.8) is 0 Å². The van der Waals surface area contributed by atoms with Gasteiger partial charge >= 0.3 is 12.1 Å². The topological polar surface area (TPSA) is 52.6 Å². The van der Waals surface area contributed by atoms with Crippen LogP contribution in [0.15, 0.2) is 18.2 Å². The average molecular weight is 326 g/mol. The van der Waals surface area contributed by atoms with Crippen LogP contribution in [-0.4, -0.2) is 42.9 Å². The van der Waals surface area contributed by atoms with E-state index in [1.165, 1.54) is 12.1 Å². The number of alkyl halides is 3. The van der Waals surface area contributed by atoms with Crippen LogP contribution < -0.4 is 10.2 Å². The largest absolute Gasteiger partial charge is 0.490 e. The number of halogens is 5. The summed E-state index contributed by atoms with van der Waals surface area (Å²) in [6, 6.07) is 3.92. The Labute approximate surface area is 123 Å². The van der Waals surface area contributed by atoms with Crippen LogP contribution in [0, 0.1) is 11.6 Å². The maximum Gasteiger partial charge on any atom is 0.490 e. The molecule has 1 aromatic rings. The molecule has 0 aromatic heterocycles. The molecule has 0 spiro atoms. The number of carboxylic acid groups (broad SMARTS) is 1. The van der Waals surface area contributed by atoms with Crippen molar-refractivity contribution in [2.24, 2.45) is 0 Å². The van der Waals surface area contributed by atoms with E-state index in [1.54, 1.807) is 0 Å². The molecule has 0 bridgehead atoms. The van der Waals surface area contributed by atoms with Gasteiger partial charge in [-0.2, -0.15) is 13.2 Å². The summed E-state index contributed by atoms with van der Waals surface area (Å²) in [5.74, 6) is -3.79. The van der Waals surface area contributed by atoms with Gasteiger partial charge in [0.25, 0.3) is 0 Å². The summed E-state index contributed by atoms with van der Waals surface area (Å²) in [5, 5.41) is 10.4. The molecule has 124 valence electrons. The van der Waals surface area contributed by atoms with Crippen LogP contribution in [0.3, 0.4) is 0 Å². The van der Waals surface area contributed by atoms with Crippen LogP contribution in [0.2, 0.25) is 0 Å². The summed E-state index contributed by atoms with van der Waals surface area (Å²) in [5.41, 5.74) is 0.626. The van der Waals surface area contributed by atoms with E-state index < -0.39 is 23.8 Å². The van der Waals surface area contributed by atoms with Crippen LogP contribution >= 0.6 is 0 Å². The van der Waals surface area contributed by atoms with Crippen LogP contribution in [0.4, 0.5) is 27.6 Å². The molecule has 1 fully saturated rings. The lowest BCUT2D eigenvalue weighted by atomic mass is 10.1. The normalized spacial score (nSPS) is 18.5. The van der Waals surface area contributed by atoms with Crippen molar-refractivity contribution in [2.45, 2.75) is 19.1 Å². The number of aliphatic carboxylic acids is 1. The smallest absolute Gasteiger partial charge is 0.475 e. The van der Waals surface area contributed by atoms with Gasteiger partial charge in [-0.05, 0) is 19.1 Å². The Kier molecular flexibility index (Phi) is 6.10. The second-order valence-corrected chi connectivity index (χ2v) is 4.68. The van der Waals surface area contributed by atoms with Gasteiger partial charge in [-0.15, -0.1) is 0 Å². The Hall–Kier alpha value is -1.90. The molecule has 0 aliphatic carbocycles. The first-order valence-corrected chi connectivity index (χ1v) is 6.35. The van der Waals surface area contributed by atoms with E-state index in [2.05, 4.69) is 5.32 Å². The number of piperazine rings is 1. The second kappa shape index (κ2) is 7.39. The van der Waals surface area contributed by atoms with Gasteiger partial charge in [0.2, 0.25) is 0 Å². The molecule has 1 heterocycles. The number of benzene rings is 1. The molecular formula is C13H15F5N2O2. The van der Waals surface area contributed by atoms with Gasteiger partial charge in [0, 0.05) is 37.4 Å². The van der Waals surface area contributed by atoms with Gasteiger partial charge < -0.3 is 15.3 Å². The molecule has 1 atom stereocenters. The van der Waals surface area contributed by atoms with Gasteiger partial charge in [0.15, 0.2) is 0 Å². The minimum atomic E-state index is -5.08. The molecule has 1 saturated heterocycles. The number of hydrogen-bond acceptors (Lipinski definition) is 3. The van der Waals surface area contributed by atoms with Crippen molar-refractivity contribution in [2.75, 3.05) is 24.5 Å². The highest BCUT2D eigenvalue weighted by atomic mass is 19.4. The van der Waals surface area contributed by atoms with Crippen LogP contribution in [0.25, 0.3) is 0 Å². The predicted octanol–water partition coefficient (Wildman–Crippen LogP) is 2.40. The van der Waals surface area contributed by atoms with Gasteiger partial charge in [0.05, 0.1) is 0 Å². The molecule has 0 radical (unpaired) electrons. The predicted molar refractivity (Wildman–Crippen MR) is 69.7 cm³/mol. The number of anilines is 1. The van der Waals surface area contributed by atoms with Gasteiger partial charge in [-0.25, -0.2) is 13.6 Å². The first-order chi connectivity index (χ1) is 10.1. The third kappa shape index (κ3) is 5.47. The maximum absolute atomic E-state index is 13.0. The highest BCUT2D eigenvalue weighted by molar-refractivity contribution is 5.73. The van der Waals surface area contributed by atoms with Gasteiger partial charge in [0.1, 0.15) is 11.6 Å². The number of nitrogens with one attached hydrogen (secondary N) is 1. The lowest BCUT2D eigenvalue weighted by molar-refractivity contribution is -0.192. The number of carbonyl (C=O) groups is 1. The minimum absolute atomic E-state index is 0.264. The molecule has 2 rings (SSSR count). The SMILES string of the molecule is C[C@@H]1CNCCN1c1cc(F)cc(F)c1.O=C(O)C(F)(F)F. The van der Waals surface area contributed by atoms with E-state index >= 15 is 0 Å². The lowest BCUT2D eigenvalue weighted by Crippen LogP contribution is -2.50. The van der Waals surface area contributed by atoms with Crippen LogP contribution in [-0.2, 0) is 4.79 Å². The van der Waals surface area contributed by atoms with Crippen LogP contribution in [0.1, 0.15) is 6.92 Å². The van der Waals surface area contributed by atoms with Crippen molar-refractivity contribution in [1.82, 2.24) is 5.32 Å². The molecule has 0 unspecified atom stereocenters. The molecule has 1 aromatic carbocycles. The zero-order valence-corrected chi connectivity index (χ0v) is 11.6. The highest BCUT2D eigenvalue weighted by Crippen LogP contribution is 2.20. The lowest BCUT2D eigenvalue weighted by Gasteiger charge is -2.35. The second-order valence-electron chi connectivity index (χ2n) is 4.68.